The molecule has 0 saturated carbocycles. The van der Waals surface area contributed by atoms with Crippen molar-refractivity contribution in [2.24, 2.45) is 0 Å². The Kier molecular flexibility index (Phi) is 1.66. The third kappa shape index (κ3) is 1.13. The van der Waals surface area contributed by atoms with E-state index in [0.717, 1.165) is 0 Å². The number of aromatic nitrogens is 6. The zero-order chi connectivity index (χ0) is 11.0. The van der Waals surface area contributed by atoms with Gasteiger partial charge >= 0.3 is 5.56 Å². The number of rotatable bonds is 2. The van der Waals surface area contributed by atoms with Gasteiger partial charge in [-0.25, -0.2) is 9.26 Å². The summed E-state index contributed by atoms with van der Waals surface area (Å²) < 4.78 is 13.3. The lowest BCUT2D eigenvalue weighted by molar-refractivity contribution is 0.301. The van der Waals surface area contributed by atoms with Gasteiger partial charge in [-0.3, -0.25) is 9.42 Å². The summed E-state index contributed by atoms with van der Waals surface area (Å²) in [4.78, 5) is 11.3. The molecule has 0 fully saturated rings. The van der Waals surface area contributed by atoms with Crippen molar-refractivity contribution in [3.05, 3.63) is 16.6 Å². The molecule has 16 heavy (non-hydrogen) atoms. The maximum absolute atomic E-state index is 11.3. The molecule has 0 aliphatic carbocycles. The molecule has 10 heteroatoms. The Labute approximate surface area is 85.1 Å². The van der Waals surface area contributed by atoms with Crippen LogP contribution in [0.3, 0.4) is 0 Å². The van der Waals surface area contributed by atoms with Crippen molar-refractivity contribution >= 4 is 0 Å². The second-order valence-electron chi connectivity index (χ2n) is 2.72. The molecule has 3 heterocycles. The summed E-state index contributed by atoms with van der Waals surface area (Å²) >= 11 is 0. The summed E-state index contributed by atoms with van der Waals surface area (Å²) in [7, 11) is 0. The molecule has 0 aromatic carbocycles. The van der Waals surface area contributed by atoms with E-state index in [4.69, 9.17) is 0 Å². The van der Waals surface area contributed by atoms with E-state index in [2.05, 4.69) is 39.7 Å². The first-order chi connectivity index (χ1) is 7.86. The van der Waals surface area contributed by atoms with Crippen molar-refractivity contribution in [2.75, 3.05) is 0 Å². The first-order valence-electron chi connectivity index (χ1n) is 4.01. The Hall–Kier alpha value is -2.78. The first kappa shape index (κ1) is 8.52. The molecule has 3 aromatic heterocycles. The monoisotopic (exact) mass is 222 g/mol. The van der Waals surface area contributed by atoms with Crippen LogP contribution in [0.25, 0.3) is 22.8 Å². The Morgan fingerprint density at radius 2 is 1.88 bits per heavy atom. The van der Waals surface area contributed by atoms with Crippen LogP contribution in [-0.4, -0.2) is 30.9 Å². The lowest BCUT2D eigenvalue weighted by Gasteiger charge is -1.85. The summed E-state index contributed by atoms with van der Waals surface area (Å²) in [6, 6.07) is 0. The molecule has 3 aromatic rings. The van der Waals surface area contributed by atoms with Crippen LogP contribution in [0.15, 0.2) is 24.9 Å². The van der Waals surface area contributed by atoms with Gasteiger partial charge in [-0.05, 0) is 20.6 Å². The van der Waals surface area contributed by atoms with Crippen molar-refractivity contribution < 1.29 is 13.9 Å². The predicted molar refractivity (Wildman–Crippen MR) is 43.7 cm³/mol. The average Bonchev–Trinajstić information content (AvgIpc) is 2.95. The third-order valence-corrected chi connectivity index (χ3v) is 1.81. The molecular weight excluding hydrogens is 220 g/mol. The second-order valence-corrected chi connectivity index (χ2v) is 2.72. The number of hydrogen-bond donors (Lipinski definition) is 1. The van der Waals surface area contributed by atoms with Crippen LogP contribution >= 0.6 is 0 Å². The van der Waals surface area contributed by atoms with E-state index in [0.29, 0.717) is 0 Å². The molecule has 0 bridgehead atoms. The highest BCUT2D eigenvalue weighted by Gasteiger charge is 2.22. The largest absolute Gasteiger partial charge is 0.310 e. The number of hydrogen-bond acceptors (Lipinski definition) is 9. The number of nitrogens with zero attached hydrogens (tertiary/aromatic N) is 5. The van der Waals surface area contributed by atoms with Crippen LogP contribution in [0.1, 0.15) is 0 Å². The molecule has 0 unspecified atom stereocenters. The average molecular weight is 222 g/mol. The van der Waals surface area contributed by atoms with Gasteiger partial charge in [0.1, 0.15) is 6.20 Å². The Balaban J connectivity index is 2.21. The lowest BCUT2D eigenvalue weighted by atomic mass is 10.2. The molecule has 80 valence electrons. The van der Waals surface area contributed by atoms with E-state index in [1.54, 1.807) is 0 Å². The fraction of sp³-hybridized carbons (Fsp3) is 0. The van der Waals surface area contributed by atoms with Crippen LogP contribution in [0.4, 0.5) is 0 Å². The van der Waals surface area contributed by atoms with E-state index < -0.39 is 5.56 Å². The van der Waals surface area contributed by atoms with Gasteiger partial charge in [-0.1, -0.05) is 5.16 Å². The van der Waals surface area contributed by atoms with E-state index in [1.807, 2.05) is 5.16 Å². The molecule has 3 rings (SSSR count). The molecule has 0 aliphatic rings. The highest BCUT2D eigenvalue weighted by molar-refractivity contribution is 5.71. The van der Waals surface area contributed by atoms with E-state index >= 15 is 0 Å². The fourth-order valence-corrected chi connectivity index (χ4v) is 1.13. The van der Waals surface area contributed by atoms with Crippen LogP contribution in [0, 0.1) is 0 Å². The molecular formula is C6H2N6O4. The zero-order valence-electron chi connectivity index (χ0n) is 7.45. The van der Waals surface area contributed by atoms with E-state index in [9.17, 15) is 4.79 Å². The predicted octanol–water partition coefficient (Wildman–Crippen LogP) is -0.537. The van der Waals surface area contributed by atoms with E-state index in [-0.39, 0.29) is 22.8 Å². The Morgan fingerprint density at radius 1 is 1.00 bits per heavy atom. The molecule has 0 spiro atoms. The van der Waals surface area contributed by atoms with Gasteiger partial charge in [0.25, 0.3) is 0 Å². The molecule has 10 nitrogen and oxygen atoms in total. The highest BCUT2D eigenvalue weighted by atomic mass is 16.6. The van der Waals surface area contributed by atoms with Gasteiger partial charge in [0.05, 0.1) is 0 Å². The zero-order valence-corrected chi connectivity index (χ0v) is 7.45. The molecule has 1 N–H and O–H groups in total. The van der Waals surface area contributed by atoms with Crippen LogP contribution < -0.4 is 5.56 Å². The minimum absolute atomic E-state index is 0.0562. The summed E-state index contributed by atoms with van der Waals surface area (Å²) in [6.07, 6.45) is 1.30. The standard InChI is InChI=1S/C6H2N6O4/c13-6-5(11-16-12-6)4-3(9-15-10-4)2-1-7-14-8-2/h1H,(H,12,13). The minimum Gasteiger partial charge on any atom is -0.267 e. The second kappa shape index (κ2) is 3.12. The van der Waals surface area contributed by atoms with Crippen molar-refractivity contribution in [1.82, 2.24) is 30.9 Å². The highest BCUT2D eigenvalue weighted by Crippen LogP contribution is 2.23. The van der Waals surface area contributed by atoms with Gasteiger partial charge in [0, 0.05) is 0 Å². The van der Waals surface area contributed by atoms with Gasteiger partial charge in [-0.2, -0.15) is 5.16 Å². The quantitative estimate of drug-likeness (QED) is 0.605. The summed E-state index contributed by atoms with van der Waals surface area (Å²) in [5.41, 5.74) is -0.0299. The summed E-state index contributed by atoms with van der Waals surface area (Å²) in [5.74, 6) is 0. The molecule has 0 amide bonds. The van der Waals surface area contributed by atoms with Gasteiger partial charge in [0.15, 0.2) is 17.1 Å². The van der Waals surface area contributed by atoms with Crippen LogP contribution in [0.5, 0.6) is 0 Å². The topological polar surface area (TPSA) is 137 Å². The van der Waals surface area contributed by atoms with Crippen molar-refractivity contribution in [3.8, 4) is 22.8 Å². The van der Waals surface area contributed by atoms with Crippen LogP contribution in [0.2, 0.25) is 0 Å². The third-order valence-electron chi connectivity index (χ3n) is 1.81. The van der Waals surface area contributed by atoms with E-state index in [1.165, 1.54) is 6.20 Å². The minimum atomic E-state index is -0.548. The maximum Gasteiger partial charge on any atom is 0.310 e. The molecule has 0 radical (unpaired) electrons. The van der Waals surface area contributed by atoms with Gasteiger partial charge < -0.3 is 0 Å². The number of nitrogens with one attached hydrogen (secondary N) is 1. The summed E-state index contributed by atoms with van der Waals surface area (Å²) in [6.45, 7) is 0. The maximum atomic E-state index is 11.3. The van der Waals surface area contributed by atoms with Crippen molar-refractivity contribution in [3.63, 3.8) is 0 Å². The Morgan fingerprint density at radius 3 is 2.56 bits per heavy atom. The Bertz CT molecular complexity index is 648. The SMILES string of the molecule is O=c1[nH]onc1-c1nonc1-c1cnon1. The lowest BCUT2D eigenvalue weighted by Crippen LogP contribution is -2.02. The van der Waals surface area contributed by atoms with Crippen molar-refractivity contribution in [1.29, 1.82) is 0 Å². The molecule has 0 atom stereocenters. The molecule has 0 saturated heterocycles. The van der Waals surface area contributed by atoms with Gasteiger partial charge in [0.2, 0.25) is 5.69 Å². The first-order valence-corrected chi connectivity index (χ1v) is 4.01. The number of aromatic amines is 1. The normalized spacial score (nSPS) is 10.8. The van der Waals surface area contributed by atoms with Gasteiger partial charge in [-0.15, -0.1) is 0 Å². The summed E-state index contributed by atoms with van der Waals surface area (Å²) in [5, 5.41) is 19.5. The smallest absolute Gasteiger partial charge is 0.267 e. The van der Waals surface area contributed by atoms with Crippen LogP contribution in [-0.2, 0) is 0 Å². The van der Waals surface area contributed by atoms with Crippen molar-refractivity contribution in [2.45, 2.75) is 0 Å². The fourth-order valence-electron chi connectivity index (χ4n) is 1.13. The number of H-pyrrole nitrogens is 1. The molecule has 0 aliphatic heterocycles.